The van der Waals surface area contributed by atoms with Crippen molar-refractivity contribution < 1.29 is 14.7 Å². The maximum Gasteiger partial charge on any atom is 0.262 e. The number of rotatable bonds is 5. The van der Waals surface area contributed by atoms with Gasteiger partial charge in [0.05, 0.1) is 18.5 Å². The lowest BCUT2D eigenvalue weighted by molar-refractivity contribution is -0.118. The third-order valence-electron chi connectivity index (χ3n) is 5.73. The molecule has 1 N–H and O–H groups in total. The number of thiazole rings is 1. The molecule has 0 atom stereocenters. The number of nitrogens with zero attached hydrogens (tertiary/aromatic N) is 3. The summed E-state index contributed by atoms with van der Waals surface area (Å²) in [6, 6.07) is 12.2. The van der Waals surface area contributed by atoms with E-state index in [1.165, 1.54) is 11.3 Å². The summed E-state index contributed by atoms with van der Waals surface area (Å²) in [5.41, 5.74) is 2.86. The highest BCUT2D eigenvalue weighted by atomic mass is 35.5. The standard InChI is InChI=1S/C26H26ClN3O3S/c1-16-20(14-23(32)30(26(2,3)4)25-28-11-12-34-25)21-13-17(15-31)5-10-22(21)29(16)24(33)18-6-8-19(27)9-7-18/h5-13,31H,14-15H2,1-4H3. The van der Waals surface area contributed by atoms with Gasteiger partial charge in [0.1, 0.15) is 0 Å². The van der Waals surface area contributed by atoms with Gasteiger partial charge in [0, 0.05) is 38.8 Å². The molecule has 2 heterocycles. The minimum atomic E-state index is -0.476. The normalized spacial score (nSPS) is 11.7. The number of aliphatic hydroxyl groups is 1. The molecular formula is C26H26ClN3O3S. The fourth-order valence-corrected chi connectivity index (χ4v) is 5.13. The molecule has 0 fully saturated rings. The number of fused-ring (bicyclic) bond motifs is 1. The SMILES string of the molecule is Cc1c(CC(=O)N(c2nccs2)C(C)(C)C)c2cc(CO)ccc2n1C(=O)c1ccc(Cl)cc1. The minimum Gasteiger partial charge on any atom is -0.392 e. The number of aliphatic hydroxyl groups excluding tert-OH is 1. The van der Waals surface area contributed by atoms with Gasteiger partial charge in [-0.1, -0.05) is 17.7 Å². The summed E-state index contributed by atoms with van der Waals surface area (Å²) in [5, 5.41) is 13.5. The Morgan fingerprint density at radius 3 is 2.44 bits per heavy atom. The second-order valence-corrected chi connectivity index (χ2v) is 10.4. The number of hydrogen-bond donors (Lipinski definition) is 1. The van der Waals surface area contributed by atoms with E-state index >= 15 is 0 Å². The van der Waals surface area contributed by atoms with Crippen LogP contribution in [0.2, 0.25) is 5.02 Å². The Kier molecular flexibility index (Phi) is 6.62. The van der Waals surface area contributed by atoms with Crippen LogP contribution in [0.4, 0.5) is 5.13 Å². The van der Waals surface area contributed by atoms with Crippen molar-refractivity contribution in [3.63, 3.8) is 0 Å². The third-order valence-corrected chi connectivity index (χ3v) is 6.74. The molecule has 6 nitrogen and oxygen atoms in total. The fourth-order valence-electron chi connectivity index (χ4n) is 4.16. The van der Waals surface area contributed by atoms with Gasteiger partial charge < -0.3 is 5.11 Å². The fraction of sp³-hybridized carbons (Fsp3) is 0.269. The highest BCUT2D eigenvalue weighted by Gasteiger charge is 2.31. The molecule has 0 aliphatic carbocycles. The summed E-state index contributed by atoms with van der Waals surface area (Å²) in [6.07, 6.45) is 1.77. The summed E-state index contributed by atoms with van der Waals surface area (Å²) >= 11 is 7.41. The van der Waals surface area contributed by atoms with E-state index in [-0.39, 0.29) is 24.8 Å². The van der Waals surface area contributed by atoms with Gasteiger partial charge in [-0.25, -0.2) is 4.98 Å². The zero-order valence-corrected chi connectivity index (χ0v) is 21.1. The van der Waals surface area contributed by atoms with E-state index in [1.807, 2.05) is 45.2 Å². The van der Waals surface area contributed by atoms with Crippen molar-refractivity contribution in [2.45, 2.75) is 46.3 Å². The van der Waals surface area contributed by atoms with Gasteiger partial charge in [-0.2, -0.15) is 0 Å². The number of benzene rings is 2. The summed E-state index contributed by atoms with van der Waals surface area (Å²) in [4.78, 5) is 33.2. The van der Waals surface area contributed by atoms with Crippen molar-refractivity contribution in [2.75, 3.05) is 4.90 Å². The minimum absolute atomic E-state index is 0.0922. The van der Waals surface area contributed by atoms with E-state index in [4.69, 9.17) is 11.6 Å². The quantitative estimate of drug-likeness (QED) is 0.390. The smallest absolute Gasteiger partial charge is 0.262 e. The first-order chi connectivity index (χ1) is 16.1. The molecule has 2 aromatic carbocycles. The van der Waals surface area contributed by atoms with Crippen LogP contribution < -0.4 is 4.90 Å². The maximum absolute atomic E-state index is 13.6. The zero-order valence-electron chi connectivity index (χ0n) is 19.5. The molecule has 8 heteroatoms. The first-order valence-electron chi connectivity index (χ1n) is 10.9. The predicted molar refractivity (Wildman–Crippen MR) is 137 cm³/mol. The Balaban J connectivity index is 1.84. The van der Waals surface area contributed by atoms with E-state index in [0.717, 1.165) is 10.9 Å². The van der Waals surface area contributed by atoms with E-state index in [9.17, 15) is 14.7 Å². The van der Waals surface area contributed by atoms with Gasteiger partial charge in [0.15, 0.2) is 5.13 Å². The molecule has 0 aliphatic heterocycles. The summed E-state index contributed by atoms with van der Waals surface area (Å²) < 4.78 is 1.63. The molecule has 0 unspecified atom stereocenters. The van der Waals surface area contributed by atoms with Crippen LogP contribution in [0.1, 0.15) is 48.0 Å². The lowest BCUT2D eigenvalue weighted by atomic mass is 10.0. The van der Waals surface area contributed by atoms with E-state index in [0.29, 0.717) is 32.5 Å². The van der Waals surface area contributed by atoms with Crippen molar-refractivity contribution in [1.82, 2.24) is 9.55 Å². The van der Waals surface area contributed by atoms with Gasteiger partial charge in [-0.3, -0.25) is 19.1 Å². The van der Waals surface area contributed by atoms with Gasteiger partial charge in [-0.05, 0) is 75.2 Å². The number of hydrogen-bond acceptors (Lipinski definition) is 5. The number of aromatic nitrogens is 2. The number of anilines is 1. The second-order valence-electron chi connectivity index (χ2n) is 9.11. The van der Waals surface area contributed by atoms with E-state index < -0.39 is 5.54 Å². The lowest BCUT2D eigenvalue weighted by Gasteiger charge is -2.33. The average Bonchev–Trinajstić information content (AvgIpc) is 3.39. The molecule has 2 aromatic heterocycles. The Morgan fingerprint density at radius 2 is 1.85 bits per heavy atom. The molecule has 4 aromatic rings. The Hall–Kier alpha value is -3.00. The van der Waals surface area contributed by atoms with Crippen molar-refractivity contribution in [1.29, 1.82) is 0 Å². The molecule has 0 aliphatic rings. The number of amides is 1. The molecule has 1 amide bonds. The molecule has 176 valence electrons. The second kappa shape index (κ2) is 9.33. The first kappa shape index (κ1) is 24.1. The zero-order chi connectivity index (χ0) is 24.6. The molecule has 34 heavy (non-hydrogen) atoms. The summed E-state index contributed by atoms with van der Waals surface area (Å²) in [7, 11) is 0. The van der Waals surface area contributed by atoms with Crippen molar-refractivity contribution in [3.05, 3.63) is 81.4 Å². The molecule has 0 saturated carbocycles. The molecule has 0 radical (unpaired) electrons. The first-order valence-corrected chi connectivity index (χ1v) is 12.1. The van der Waals surface area contributed by atoms with E-state index in [1.54, 1.807) is 46.0 Å². The highest BCUT2D eigenvalue weighted by molar-refractivity contribution is 7.13. The van der Waals surface area contributed by atoms with Crippen LogP contribution in [-0.4, -0.2) is 32.0 Å². The van der Waals surface area contributed by atoms with E-state index in [2.05, 4.69) is 4.98 Å². The monoisotopic (exact) mass is 495 g/mol. The molecular weight excluding hydrogens is 470 g/mol. The Morgan fingerprint density at radius 1 is 1.15 bits per heavy atom. The third kappa shape index (κ3) is 4.51. The van der Waals surface area contributed by atoms with Gasteiger partial charge in [0.25, 0.3) is 5.91 Å². The topological polar surface area (TPSA) is 75.4 Å². The van der Waals surface area contributed by atoms with Crippen LogP contribution in [0.5, 0.6) is 0 Å². The number of halogens is 1. The van der Waals surface area contributed by atoms with Crippen LogP contribution in [0.3, 0.4) is 0 Å². The van der Waals surface area contributed by atoms with Crippen molar-refractivity contribution in [2.24, 2.45) is 0 Å². The molecule has 0 bridgehead atoms. The van der Waals surface area contributed by atoms with Crippen molar-refractivity contribution in [3.8, 4) is 0 Å². The molecule has 0 spiro atoms. The van der Waals surface area contributed by atoms with Gasteiger partial charge >= 0.3 is 0 Å². The van der Waals surface area contributed by atoms with Crippen molar-refractivity contribution >= 4 is 50.8 Å². The average molecular weight is 496 g/mol. The number of carbonyl (C=O) groups excluding carboxylic acids is 2. The van der Waals surface area contributed by atoms with Crippen LogP contribution >= 0.6 is 22.9 Å². The predicted octanol–water partition coefficient (Wildman–Crippen LogP) is 5.61. The summed E-state index contributed by atoms with van der Waals surface area (Å²) in [6.45, 7) is 7.62. The van der Waals surface area contributed by atoms with Crippen LogP contribution in [0, 0.1) is 6.92 Å². The van der Waals surface area contributed by atoms with Gasteiger partial charge in [0.2, 0.25) is 5.91 Å². The summed E-state index contributed by atoms with van der Waals surface area (Å²) in [5.74, 6) is -0.319. The highest BCUT2D eigenvalue weighted by Crippen LogP contribution is 2.32. The largest absolute Gasteiger partial charge is 0.392 e. The van der Waals surface area contributed by atoms with Crippen LogP contribution in [0.15, 0.2) is 54.0 Å². The Bertz CT molecular complexity index is 1350. The van der Waals surface area contributed by atoms with Gasteiger partial charge in [-0.15, -0.1) is 11.3 Å². The van der Waals surface area contributed by atoms with Crippen LogP contribution in [-0.2, 0) is 17.8 Å². The number of carbonyl (C=O) groups is 2. The molecule has 4 rings (SSSR count). The molecule has 0 saturated heterocycles. The van der Waals surface area contributed by atoms with Crippen LogP contribution in [0.25, 0.3) is 10.9 Å². The maximum atomic E-state index is 13.6. The Labute approximate surface area is 207 Å². The lowest BCUT2D eigenvalue weighted by Crippen LogP contribution is -2.46.